The number of para-hydroxylation sites is 1. The molecule has 0 aliphatic carbocycles. The third kappa shape index (κ3) is 5.52. The first-order valence-corrected chi connectivity index (χ1v) is 12.4. The highest BCUT2D eigenvalue weighted by Crippen LogP contribution is 2.47. The van der Waals surface area contributed by atoms with Gasteiger partial charge >= 0.3 is 5.97 Å². The smallest absolute Gasteiger partial charge is 0.339 e. The molecule has 6 nitrogen and oxygen atoms in total. The van der Waals surface area contributed by atoms with E-state index in [1.54, 1.807) is 35.9 Å². The Balaban J connectivity index is 1.78. The van der Waals surface area contributed by atoms with Crippen LogP contribution in [-0.2, 0) is 9.53 Å². The second-order valence-electron chi connectivity index (χ2n) is 8.71. The maximum atomic E-state index is 14.1. The molecule has 35 heavy (non-hydrogen) atoms. The van der Waals surface area contributed by atoms with Crippen LogP contribution in [0.2, 0.25) is 0 Å². The van der Waals surface area contributed by atoms with Crippen molar-refractivity contribution in [1.29, 1.82) is 0 Å². The van der Waals surface area contributed by atoms with Crippen LogP contribution in [0.15, 0.2) is 77.7 Å². The average molecular weight is 491 g/mol. The van der Waals surface area contributed by atoms with Crippen molar-refractivity contribution in [2.24, 2.45) is 0 Å². The van der Waals surface area contributed by atoms with Gasteiger partial charge in [-0.05, 0) is 62.5 Å². The molecule has 0 saturated carbocycles. The highest BCUT2D eigenvalue weighted by Gasteiger charge is 2.41. The fourth-order valence-corrected chi connectivity index (χ4v) is 5.36. The lowest BCUT2D eigenvalue weighted by molar-refractivity contribution is -0.127. The van der Waals surface area contributed by atoms with Crippen LogP contribution in [0.25, 0.3) is 0 Å². The minimum absolute atomic E-state index is 0.230. The molecule has 0 N–H and O–H groups in total. The lowest BCUT2D eigenvalue weighted by atomic mass is 10.0. The lowest BCUT2D eigenvalue weighted by Crippen LogP contribution is -2.45. The van der Waals surface area contributed by atoms with Crippen molar-refractivity contribution >= 4 is 29.3 Å². The first kappa shape index (κ1) is 24.8. The van der Waals surface area contributed by atoms with Gasteiger partial charge in [0.05, 0.1) is 23.6 Å². The highest BCUT2D eigenvalue weighted by atomic mass is 32.2. The topological polar surface area (TPSA) is 59.1 Å². The van der Waals surface area contributed by atoms with E-state index in [9.17, 15) is 9.59 Å². The van der Waals surface area contributed by atoms with Crippen molar-refractivity contribution in [3.8, 4) is 5.75 Å². The molecule has 1 heterocycles. The number of esters is 1. The molecule has 0 fully saturated rings. The zero-order valence-corrected chi connectivity index (χ0v) is 21.2. The molecule has 4 rings (SSSR count). The van der Waals surface area contributed by atoms with Crippen molar-refractivity contribution in [2.45, 2.75) is 23.2 Å². The standard InChI is InChI=1S/C28H30N2O4S/c1-19-9-5-6-10-22(19)28(32)34-25-26(20-13-15-21(33-4)16-14-20)35-24-12-8-7-11-23(24)30(27(25)31)18-17-29(2)3/h5-16,25-26H,17-18H2,1-4H3. The highest BCUT2D eigenvalue weighted by molar-refractivity contribution is 7.99. The molecule has 182 valence electrons. The molecule has 1 amide bonds. The lowest BCUT2D eigenvalue weighted by Gasteiger charge is -2.29. The van der Waals surface area contributed by atoms with Gasteiger partial charge in [-0.2, -0.15) is 0 Å². The number of carbonyl (C=O) groups is 2. The number of amides is 1. The number of aryl methyl sites for hydroxylation is 1. The largest absolute Gasteiger partial charge is 0.497 e. The van der Waals surface area contributed by atoms with Gasteiger partial charge in [-0.1, -0.05) is 42.5 Å². The molecule has 0 spiro atoms. The molecule has 0 bridgehead atoms. The summed E-state index contributed by atoms with van der Waals surface area (Å²) in [6, 6.07) is 22.7. The number of fused-ring (bicyclic) bond motifs is 1. The fourth-order valence-electron chi connectivity index (χ4n) is 4.04. The molecule has 2 unspecified atom stereocenters. The number of hydrogen-bond donors (Lipinski definition) is 0. The van der Waals surface area contributed by atoms with Crippen LogP contribution in [0, 0.1) is 6.92 Å². The summed E-state index contributed by atoms with van der Waals surface area (Å²) in [6.45, 7) is 3.02. The predicted octanol–water partition coefficient (Wildman–Crippen LogP) is 4.97. The van der Waals surface area contributed by atoms with Crippen LogP contribution >= 0.6 is 11.8 Å². The monoisotopic (exact) mass is 490 g/mol. The Morgan fingerprint density at radius 2 is 1.69 bits per heavy atom. The summed E-state index contributed by atoms with van der Waals surface area (Å²) in [6.07, 6.45) is -1.00. The van der Waals surface area contributed by atoms with E-state index in [-0.39, 0.29) is 5.91 Å². The quantitative estimate of drug-likeness (QED) is 0.436. The van der Waals surface area contributed by atoms with E-state index in [1.807, 2.05) is 86.6 Å². The van der Waals surface area contributed by atoms with Crippen molar-refractivity contribution in [3.63, 3.8) is 0 Å². The Labute approximate surface area is 210 Å². The molecule has 0 saturated heterocycles. The third-order valence-electron chi connectivity index (χ3n) is 6.01. The van der Waals surface area contributed by atoms with Crippen molar-refractivity contribution in [3.05, 3.63) is 89.5 Å². The van der Waals surface area contributed by atoms with E-state index in [0.717, 1.165) is 27.5 Å². The first-order valence-electron chi connectivity index (χ1n) is 11.5. The number of anilines is 1. The Hall–Kier alpha value is -3.29. The van der Waals surface area contributed by atoms with Gasteiger partial charge in [-0.15, -0.1) is 11.8 Å². The van der Waals surface area contributed by atoms with E-state index < -0.39 is 17.3 Å². The molecule has 1 aliphatic rings. The average Bonchev–Trinajstić information content (AvgIpc) is 2.97. The number of benzene rings is 3. The summed E-state index contributed by atoms with van der Waals surface area (Å²) in [5, 5.41) is -0.424. The van der Waals surface area contributed by atoms with Gasteiger partial charge in [0.1, 0.15) is 5.75 Å². The summed E-state index contributed by atoms with van der Waals surface area (Å²) in [7, 11) is 5.56. The van der Waals surface area contributed by atoms with E-state index >= 15 is 0 Å². The molecular formula is C28H30N2O4S. The van der Waals surface area contributed by atoms with E-state index in [2.05, 4.69) is 0 Å². The second kappa shape index (κ2) is 11.0. The van der Waals surface area contributed by atoms with Gasteiger partial charge in [0.25, 0.3) is 5.91 Å². The van der Waals surface area contributed by atoms with Crippen LogP contribution in [0.1, 0.15) is 26.7 Å². The van der Waals surface area contributed by atoms with Gasteiger partial charge in [0.2, 0.25) is 0 Å². The molecule has 7 heteroatoms. The minimum atomic E-state index is -1.00. The summed E-state index contributed by atoms with van der Waals surface area (Å²) in [4.78, 5) is 32.1. The zero-order chi connectivity index (χ0) is 24.9. The van der Waals surface area contributed by atoms with Gasteiger partial charge < -0.3 is 19.3 Å². The Morgan fingerprint density at radius 1 is 1.00 bits per heavy atom. The number of thioether (sulfide) groups is 1. The van der Waals surface area contributed by atoms with Crippen LogP contribution in [0.5, 0.6) is 5.75 Å². The Kier molecular flexibility index (Phi) is 7.78. The summed E-state index contributed by atoms with van der Waals surface area (Å²) >= 11 is 1.54. The molecule has 2 atom stereocenters. The maximum Gasteiger partial charge on any atom is 0.339 e. The Bertz CT molecular complexity index is 1200. The van der Waals surface area contributed by atoms with Crippen LogP contribution in [0.4, 0.5) is 5.69 Å². The van der Waals surface area contributed by atoms with Crippen LogP contribution in [-0.4, -0.2) is 57.2 Å². The van der Waals surface area contributed by atoms with Gasteiger partial charge in [-0.3, -0.25) is 4.79 Å². The predicted molar refractivity (Wildman–Crippen MR) is 139 cm³/mol. The minimum Gasteiger partial charge on any atom is -0.497 e. The molecule has 3 aromatic rings. The number of carbonyl (C=O) groups excluding carboxylic acids is 2. The number of likely N-dealkylation sites (N-methyl/N-ethyl adjacent to an activating group) is 1. The molecule has 0 aromatic heterocycles. The van der Waals surface area contributed by atoms with E-state index in [4.69, 9.17) is 9.47 Å². The van der Waals surface area contributed by atoms with Crippen LogP contribution < -0.4 is 9.64 Å². The fraction of sp³-hybridized carbons (Fsp3) is 0.286. The van der Waals surface area contributed by atoms with E-state index in [1.165, 1.54) is 0 Å². The number of methoxy groups -OCH3 is 1. The molecule has 0 radical (unpaired) electrons. The zero-order valence-electron chi connectivity index (χ0n) is 20.4. The molecule has 1 aliphatic heterocycles. The molecule has 3 aromatic carbocycles. The maximum absolute atomic E-state index is 14.1. The first-order chi connectivity index (χ1) is 16.9. The number of ether oxygens (including phenoxy) is 2. The second-order valence-corrected chi connectivity index (χ2v) is 9.90. The van der Waals surface area contributed by atoms with Crippen molar-refractivity contribution in [2.75, 3.05) is 39.2 Å². The summed E-state index contributed by atoms with van der Waals surface area (Å²) in [5.41, 5.74) is 2.98. The van der Waals surface area contributed by atoms with Gasteiger partial charge in [0.15, 0.2) is 6.10 Å². The summed E-state index contributed by atoms with van der Waals surface area (Å²) < 4.78 is 11.4. The van der Waals surface area contributed by atoms with Crippen molar-refractivity contribution < 1.29 is 19.1 Å². The number of nitrogens with zero attached hydrogens (tertiary/aromatic N) is 2. The number of rotatable bonds is 7. The molecular weight excluding hydrogens is 460 g/mol. The normalized spacial score (nSPS) is 17.6. The van der Waals surface area contributed by atoms with E-state index in [0.29, 0.717) is 18.7 Å². The van der Waals surface area contributed by atoms with Gasteiger partial charge in [-0.25, -0.2) is 4.79 Å². The third-order valence-corrected chi connectivity index (χ3v) is 7.38. The number of hydrogen-bond acceptors (Lipinski definition) is 6. The van der Waals surface area contributed by atoms with Gasteiger partial charge in [0, 0.05) is 18.0 Å². The van der Waals surface area contributed by atoms with Crippen molar-refractivity contribution in [1.82, 2.24) is 4.90 Å². The Morgan fingerprint density at radius 3 is 2.37 bits per heavy atom. The summed E-state index contributed by atoms with van der Waals surface area (Å²) in [5.74, 6) is -0.00806. The van der Waals surface area contributed by atoms with Crippen LogP contribution in [0.3, 0.4) is 0 Å². The SMILES string of the molecule is COc1ccc(C2Sc3ccccc3N(CCN(C)C)C(=O)C2OC(=O)c2ccccc2C)cc1.